The van der Waals surface area contributed by atoms with E-state index >= 15 is 0 Å². The molecule has 0 radical (unpaired) electrons. The molecule has 1 fully saturated rings. The number of hydrogen-bond donors (Lipinski definition) is 2. The van der Waals surface area contributed by atoms with Crippen LogP contribution in [0.1, 0.15) is 67.1 Å². The zero-order chi connectivity index (χ0) is 18.6. The van der Waals surface area contributed by atoms with E-state index in [4.69, 9.17) is 0 Å². The van der Waals surface area contributed by atoms with Gasteiger partial charge in [0, 0.05) is 17.6 Å². The molecule has 1 amide bonds. The van der Waals surface area contributed by atoms with Gasteiger partial charge < -0.3 is 15.2 Å². The summed E-state index contributed by atoms with van der Waals surface area (Å²) in [6, 6.07) is 6.14. The Morgan fingerprint density at radius 2 is 2.00 bits per heavy atom. The Morgan fingerprint density at radius 3 is 2.85 bits per heavy atom. The average molecular weight is 368 g/mol. The minimum Gasteiger partial charge on any atom is -0.358 e. The minimum atomic E-state index is 0.0611. The van der Waals surface area contributed by atoms with Gasteiger partial charge in [-0.25, -0.2) is 0 Å². The Kier molecular flexibility index (Phi) is 5.82. The topological polar surface area (TPSA) is 48.1 Å². The van der Waals surface area contributed by atoms with Crippen LogP contribution < -0.4 is 5.32 Å². The first-order chi connectivity index (χ1) is 13.2. The number of unbranched alkanes of at least 4 members (excludes halogenated alkanes) is 1. The van der Waals surface area contributed by atoms with Crippen molar-refractivity contribution in [1.29, 1.82) is 0 Å². The van der Waals surface area contributed by atoms with Crippen LogP contribution in [0.25, 0.3) is 10.9 Å². The van der Waals surface area contributed by atoms with Crippen molar-refractivity contribution >= 4 is 16.8 Å². The van der Waals surface area contributed by atoms with Crippen LogP contribution in [0.4, 0.5) is 0 Å². The lowest BCUT2D eigenvalue weighted by atomic mass is 9.95. The molecule has 2 N–H and O–H groups in total. The molecule has 1 aliphatic carbocycles. The van der Waals surface area contributed by atoms with Crippen LogP contribution in [0.15, 0.2) is 18.2 Å². The van der Waals surface area contributed by atoms with Crippen molar-refractivity contribution in [3.8, 4) is 0 Å². The fourth-order valence-electron chi connectivity index (χ4n) is 4.66. The first-order valence-electron chi connectivity index (χ1n) is 10.9. The highest BCUT2D eigenvalue weighted by molar-refractivity contribution is 6.06. The van der Waals surface area contributed by atoms with Gasteiger partial charge in [-0.05, 0) is 88.5 Å². The molecule has 0 spiro atoms. The third-order valence-corrected chi connectivity index (χ3v) is 6.44. The maximum atomic E-state index is 12.7. The van der Waals surface area contributed by atoms with Crippen molar-refractivity contribution in [2.24, 2.45) is 5.92 Å². The van der Waals surface area contributed by atoms with Gasteiger partial charge in [0.25, 0.3) is 5.91 Å². The first-order valence-corrected chi connectivity index (χ1v) is 10.9. The summed E-state index contributed by atoms with van der Waals surface area (Å²) in [5.74, 6) is 0.952. The minimum absolute atomic E-state index is 0.0611. The molecule has 1 aliphatic heterocycles. The highest BCUT2D eigenvalue weighted by atomic mass is 16.1. The molecule has 4 nitrogen and oxygen atoms in total. The molecule has 0 atom stereocenters. The molecule has 4 heteroatoms. The molecule has 1 aromatic heterocycles. The Morgan fingerprint density at radius 1 is 1.19 bits per heavy atom. The largest absolute Gasteiger partial charge is 0.358 e. The van der Waals surface area contributed by atoms with Crippen molar-refractivity contribution in [2.75, 3.05) is 26.2 Å². The summed E-state index contributed by atoms with van der Waals surface area (Å²) < 4.78 is 0. The maximum absolute atomic E-state index is 12.7. The van der Waals surface area contributed by atoms with Crippen molar-refractivity contribution in [1.82, 2.24) is 15.2 Å². The van der Waals surface area contributed by atoms with Crippen LogP contribution in [-0.2, 0) is 12.8 Å². The van der Waals surface area contributed by atoms with E-state index in [0.717, 1.165) is 49.2 Å². The van der Waals surface area contributed by atoms with E-state index in [2.05, 4.69) is 28.2 Å². The first kappa shape index (κ1) is 18.5. The van der Waals surface area contributed by atoms with Crippen LogP contribution in [0.3, 0.4) is 0 Å². The number of aryl methyl sites for hydroxylation is 2. The van der Waals surface area contributed by atoms with Gasteiger partial charge >= 0.3 is 0 Å². The smallest absolute Gasteiger partial charge is 0.253 e. The number of rotatable bonds is 6. The third kappa shape index (κ3) is 4.21. The number of benzene rings is 1. The molecule has 2 aromatic rings. The zero-order valence-electron chi connectivity index (χ0n) is 16.7. The highest BCUT2D eigenvalue weighted by Gasteiger charge is 2.19. The Labute approximate surface area is 162 Å². The van der Waals surface area contributed by atoms with Crippen LogP contribution in [0.2, 0.25) is 0 Å². The van der Waals surface area contributed by atoms with E-state index in [9.17, 15) is 4.79 Å². The summed E-state index contributed by atoms with van der Waals surface area (Å²) in [6.07, 6.45) is 9.63. The SMILES string of the molecule is CC1CCN(CCCCNC(=O)c2cccc3c4c([nH]c23)CCCC4)CC1. The van der Waals surface area contributed by atoms with E-state index in [0.29, 0.717) is 0 Å². The predicted molar refractivity (Wildman–Crippen MR) is 111 cm³/mol. The van der Waals surface area contributed by atoms with E-state index in [1.54, 1.807) is 0 Å². The summed E-state index contributed by atoms with van der Waals surface area (Å²) >= 11 is 0. The normalized spacial score (nSPS) is 18.6. The predicted octanol–water partition coefficient (Wildman–Crippen LogP) is 4.29. The number of likely N-dealkylation sites (tertiary alicyclic amines) is 1. The fraction of sp³-hybridized carbons (Fsp3) is 0.609. The Hall–Kier alpha value is -1.81. The number of aromatic nitrogens is 1. The second-order valence-corrected chi connectivity index (χ2v) is 8.50. The fourth-order valence-corrected chi connectivity index (χ4v) is 4.66. The second-order valence-electron chi connectivity index (χ2n) is 8.50. The number of carbonyl (C=O) groups is 1. The molecule has 146 valence electrons. The summed E-state index contributed by atoms with van der Waals surface area (Å²) in [7, 11) is 0. The summed E-state index contributed by atoms with van der Waals surface area (Å²) in [5.41, 5.74) is 4.60. The van der Waals surface area contributed by atoms with E-state index in [-0.39, 0.29) is 5.91 Å². The van der Waals surface area contributed by atoms with Gasteiger partial charge in [0.15, 0.2) is 0 Å². The lowest BCUT2D eigenvalue weighted by Crippen LogP contribution is -2.34. The molecule has 27 heavy (non-hydrogen) atoms. The van der Waals surface area contributed by atoms with Crippen LogP contribution in [0, 0.1) is 5.92 Å². The van der Waals surface area contributed by atoms with Crippen molar-refractivity contribution in [3.05, 3.63) is 35.0 Å². The summed E-state index contributed by atoms with van der Waals surface area (Å²) in [6.45, 7) is 6.77. The summed E-state index contributed by atoms with van der Waals surface area (Å²) in [5, 5.41) is 4.39. The number of nitrogens with zero attached hydrogens (tertiary/aromatic N) is 1. The van der Waals surface area contributed by atoms with E-state index in [1.807, 2.05) is 12.1 Å². The van der Waals surface area contributed by atoms with Crippen molar-refractivity contribution < 1.29 is 4.79 Å². The van der Waals surface area contributed by atoms with Gasteiger partial charge in [0.05, 0.1) is 11.1 Å². The maximum Gasteiger partial charge on any atom is 0.253 e. The number of nitrogens with one attached hydrogen (secondary N) is 2. The quantitative estimate of drug-likeness (QED) is 0.748. The molecule has 0 saturated carbocycles. The Balaban J connectivity index is 1.29. The van der Waals surface area contributed by atoms with Crippen LogP contribution in [-0.4, -0.2) is 42.0 Å². The lowest BCUT2D eigenvalue weighted by molar-refractivity contribution is 0.0953. The van der Waals surface area contributed by atoms with Gasteiger partial charge in [-0.2, -0.15) is 0 Å². The zero-order valence-corrected chi connectivity index (χ0v) is 16.7. The molecule has 0 bridgehead atoms. The average Bonchev–Trinajstić information content (AvgIpc) is 3.08. The van der Waals surface area contributed by atoms with Crippen molar-refractivity contribution in [3.63, 3.8) is 0 Å². The number of H-pyrrole nitrogens is 1. The number of amides is 1. The molecule has 0 unspecified atom stereocenters. The number of carbonyl (C=O) groups excluding carboxylic acids is 1. The number of aromatic amines is 1. The highest BCUT2D eigenvalue weighted by Crippen LogP contribution is 2.30. The van der Waals surface area contributed by atoms with Gasteiger partial charge in [0.2, 0.25) is 0 Å². The third-order valence-electron chi connectivity index (χ3n) is 6.44. The van der Waals surface area contributed by atoms with Gasteiger partial charge in [0.1, 0.15) is 0 Å². The van der Waals surface area contributed by atoms with E-state index < -0.39 is 0 Å². The number of piperidine rings is 1. The number of para-hydroxylation sites is 1. The van der Waals surface area contributed by atoms with Crippen molar-refractivity contribution in [2.45, 2.75) is 58.3 Å². The molecular weight excluding hydrogens is 334 g/mol. The standard InChI is InChI=1S/C23H33N3O/c1-17-11-15-26(16-12-17)14-5-4-13-24-23(27)20-9-6-8-19-18-7-2-3-10-21(18)25-22(19)20/h6,8-9,17,25H,2-5,7,10-16H2,1H3,(H,24,27). The number of hydrogen-bond acceptors (Lipinski definition) is 2. The molecule has 1 saturated heterocycles. The van der Waals surface area contributed by atoms with Gasteiger partial charge in [-0.1, -0.05) is 19.1 Å². The lowest BCUT2D eigenvalue weighted by Gasteiger charge is -2.30. The van der Waals surface area contributed by atoms with Crippen LogP contribution in [0.5, 0.6) is 0 Å². The van der Waals surface area contributed by atoms with Gasteiger partial charge in [-0.3, -0.25) is 4.79 Å². The monoisotopic (exact) mass is 367 g/mol. The van der Waals surface area contributed by atoms with E-state index in [1.165, 1.54) is 62.0 Å². The molecular formula is C23H33N3O. The summed E-state index contributed by atoms with van der Waals surface area (Å²) in [4.78, 5) is 18.9. The number of fused-ring (bicyclic) bond motifs is 3. The molecule has 2 heterocycles. The Bertz CT molecular complexity index is 786. The second kappa shape index (κ2) is 8.47. The molecule has 4 rings (SSSR count). The van der Waals surface area contributed by atoms with Crippen LogP contribution >= 0.6 is 0 Å². The molecule has 2 aliphatic rings. The molecule has 1 aromatic carbocycles. The van der Waals surface area contributed by atoms with Gasteiger partial charge in [-0.15, -0.1) is 0 Å².